The van der Waals surface area contributed by atoms with Gasteiger partial charge in [-0.15, -0.1) is 3.96 Å². The lowest BCUT2D eigenvalue weighted by molar-refractivity contribution is -0.592. The zero-order valence-electron chi connectivity index (χ0n) is 9.51. The monoisotopic (exact) mass is 339 g/mol. The van der Waals surface area contributed by atoms with Gasteiger partial charge in [-0.2, -0.15) is 0 Å². The molecule has 0 spiro atoms. The Balaban J connectivity index is 0.00000120. The SMILES string of the molecule is Clc1ccc2c(cs[n+]2Cc2ccccc2)c1.[Br-]. The molecule has 0 aliphatic heterocycles. The fourth-order valence-electron chi connectivity index (χ4n) is 1.90. The third-order valence-electron chi connectivity index (χ3n) is 2.73. The first-order chi connectivity index (χ1) is 8.33. The molecular formula is C14H11BrClNS. The Hall–Kier alpha value is -0.900. The van der Waals surface area contributed by atoms with Crippen molar-refractivity contribution in [3.8, 4) is 0 Å². The first kappa shape index (κ1) is 13.5. The summed E-state index contributed by atoms with van der Waals surface area (Å²) in [6.45, 7) is 0.913. The number of fused-ring (bicyclic) bond motifs is 1. The summed E-state index contributed by atoms with van der Waals surface area (Å²) in [5.74, 6) is 0. The highest BCUT2D eigenvalue weighted by atomic mass is 79.9. The van der Waals surface area contributed by atoms with E-state index in [0.717, 1.165) is 11.6 Å². The number of hydrogen-bond donors (Lipinski definition) is 0. The largest absolute Gasteiger partial charge is 1.00 e. The van der Waals surface area contributed by atoms with Gasteiger partial charge in [-0.3, -0.25) is 0 Å². The second-order valence-electron chi connectivity index (χ2n) is 3.95. The van der Waals surface area contributed by atoms with E-state index in [9.17, 15) is 0 Å². The molecule has 92 valence electrons. The third-order valence-corrected chi connectivity index (χ3v) is 3.91. The van der Waals surface area contributed by atoms with E-state index in [1.807, 2.05) is 18.2 Å². The van der Waals surface area contributed by atoms with Crippen molar-refractivity contribution in [2.75, 3.05) is 0 Å². The molecule has 0 atom stereocenters. The van der Waals surface area contributed by atoms with Crippen LogP contribution in [-0.2, 0) is 6.54 Å². The summed E-state index contributed by atoms with van der Waals surface area (Å²) >= 11 is 7.71. The second-order valence-corrected chi connectivity index (χ2v) is 5.27. The molecule has 0 amide bonds. The van der Waals surface area contributed by atoms with Crippen molar-refractivity contribution in [3.63, 3.8) is 0 Å². The molecule has 1 heterocycles. The molecule has 0 saturated carbocycles. The molecule has 0 N–H and O–H groups in total. The summed E-state index contributed by atoms with van der Waals surface area (Å²) in [7, 11) is 0. The lowest BCUT2D eigenvalue weighted by Gasteiger charge is -1.94. The van der Waals surface area contributed by atoms with Crippen molar-refractivity contribution in [2.45, 2.75) is 6.54 Å². The first-order valence-electron chi connectivity index (χ1n) is 5.44. The van der Waals surface area contributed by atoms with Gasteiger partial charge in [-0.1, -0.05) is 41.9 Å². The second kappa shape index (κ2) is 5.83. The highest BCUT2D eigenvalue weighted by Gasteiger charge is 2.12. The minimum absolute atomic E-state index is 0. The van der Waals surface area contributed by atoms with Crippen LogP contribution in [-0.4, -0.2) is 0 Å². The fourth-order valence-corrected chi connectivity index (χ4v) is 3.01. The summed E-state index contributed by atoms with van der Waals surface area (Å²) in [5.41, 5.74) is 2.56. The zero-order chi connectivity index (χ0) is 11.7. The molecule has 0 fully saturated rings. The van der Waals surface area contributed by atoms with Crippen LogP contribution in [0.5, 0.6) is 0 Å². The molecule has 0 saturated heterocycles. The molecule has 1 aromatic heterocycles. The fraction of sp³-hybridized carbons (Fsp3) is 0.0714. The number of benzene rings is 2. The van der Waals surface area contributed by atoms with Crippen LogP contribution >= 0.6 is 23.1 Å². The van der Waals surface area contributed by atoms with Gasteiger partial charge in [-0.25, -0.2) is 0 Å². The molecule has 0 aliphatic carbocycles. The third kappa shape index (κ3) is 2.74. The van der Waals surface area contributed by atoms with Crippen LogP contribution in [0.4, 0.5) is 0 Å². The van der Waals surface area contributed by atoms with Crippen molar-refractivity contribution in [2.24, 2.45) is 0 Å². The quantitative estimate of drug-likeness (QED) is 0.610. The number of rotatable bonds is 2. The first-order valence-corrected chi connectivity index (χ1v) is 6.65. The Morgan fingerprint density at radius 1 is 1.06 bits per heavy atom. The van der Waals surface area contributed by atoms with Gasteiger partial charge < -0.3 is 17.0 Å². The Labute approximate surface area is 126 Å². The lowest BCUT2D eigenvalue weighted by atomic mass is 10.2. The molecule has 0 aliphatic rings. The Bertz CT molecular complexity index is 651. The van der Waals surface area contributed by atoms with E-state index in [1.165, 1.54) is 16.5 Å². The van der Waals surface area contributed by atoms with E-state index in [4.69, 9.17) is 11.6 Å². The van der Waals surface area contributed by atoms with Crippen LogP contribution in [0.25, 0.3) is 10.9 Å². The zero-order valence-corrected chi connectivity index (χ0v) is 12.7. The number of aromatic nitrogens is 1. The van der Waals surface area contributed by atoms with Crippen molar-refractivity contribution >= 4 is 34.0 Å². The number of hydrogen-bond acceptors (Lipinski definition) is 1. The van der Waals surface area contributed by atoms with Crippen molar-refractivity contribution in [1.82, 2.24) is 0 Å². The molecule has 0 bridgehead atoms. The maximum absolute atomic E-state index is 5.98. The van der Waals surface area contributed by atoms with E-state index < -0.39 is 0 Å². The van der Waals surface area contributed by atoms with E-state index in [-0.39, 0.29) is 17.0 Å². The van der Waals surface area contributed by atoms with Crippen LogP contribution in [0.15, 0.2) is 53.9 Å². The van der Waals surface area contributed by atoms with Crippen LogP contribution in [0, 0.1) is 0 Å². The summed E-state index contributed by atoms with van der Waals surface area (Å²) < 4.78 is 2.28. The summed E-state index contributed by atoms with van der Waals surface area (Å²) in [5, 5.41) is 4.14. The van der Waals surface area contributed by atoms with Crippen molar-refractivity contribution < 1.29 is 20.9 Å². The standard InChI is InChI=1S/C14H11ClNS.BrH/c15-13-6-7-14-12(8-13)10-17-16(14)9-11-4-2-1-3-5-11;/h1-8,10H,9H2;1H/q+1;/p-1. The van der Waals surface area contributed by atoms with Gasteiger partial charge in [0.1, 0.15) is 11.5 Å². The molecule has 4 heteroatoms. The summed E-state index contributed by atoms with van der Waals surface area (Å²) in [6.07, 6.45) is 0. The molecule has 1 nitrogen and oxygen atoms in total. The van der Waals surface area contributed by atoms with Gasteiger partial charge in [0.2, 0.25) is 5.52 Å². The van der Waals surface area contributed by atoms with Gasteiger partial charge >= 0.3 is 0 Å². The average Bonchev–Trinajstić information content (AvgIpc) is 2.73. The van der Waals surface area contributed by atoms with Crippen molar-refractivity contribution in [1.29, 1.82) is 0 Å². The van der Waals surface area contributed by atoms with Crippen molar-refractivity contribution in [3.05, 3.63) is 64.5 Å². The number of nitrogens with zero attached hydrogens (tertiary/aromatic N) is 1. The minimum Gasteiger partial charge on any atom is -1.00 e. The van der Waals surface area contributed by atoms with E-state index in [2.05, 4.69) is 39.7 Å². The molecular weight excluding hydrogens is 330 g/mol. The van der Waals surface area contributed by atoms with Crippen LogP contribution in [0.1, 0.15) is 5.56 Å². The molecule has 0 unspecified atom stereocenters. The predicted octanol–water partition coefficient (Wildman–Crippen LogP) is 0.895. The molecule has 3 rings (SSSR count). The van der Waals surface area contributed by atoms with Crippen LogP contribution in [0.2, 0.25) is 5.02 Å². The molecule has 0 radical (unpaired) electrons. The van der Waals surface area contributed by atoms with Gasteiger partial charge in [0.25, 0.3) is 0 Å². The predicted molar refractivity (Wildman–Crippen MR) is 72.6 cm³/mol. The highest BCUT2D eigenvalue weighted by Crippen LogP contribution is 2.19. The van der Waals surface area contributed by atoms with Gasteiger partial charge in [-0.05, 0) is 12.1 Å². The van der Waals surface area contributed by atoms with E-state index in [0.29, 0.717) is 0 Å². The molecule has 18 heavy (non-hydrogen) atoms. The van der Waals surface area contributed by atoms with Gasteiger partial charge in [0.05, 0.1) is 10.8 Å². The molecule has 3 aromatic rings. The molecule has 2 aromatic carbocycles. The Kier molecular flexibility index (Phi) is 4.38. The normalized spacial score (nSPS) is 10.3. The minimum atomic E-state index is 0. The van der Waals surface area contributed by atoms with Crippen LogP contribution < -0.4 is 20.9 Å². The summed E-state index contributed by atoms with van der Waals surface area (Å²) in [4.78, 5) is 0. The Morgan fingerprint density at radius 2 is 1.83 bits per heavy atom. The van der Waals surface area contributed by atoms with Crippen LogP contribution in [0.3, 0.4) is 0 Å². The smallest absolute Gasteiger partial charge is 0.227 e. The Morgan fingerprint density at radius 3 is 2.61 bits per heavy atom. The maximum Gasteiger partial charge on any atom is 0.227 e. The topological polar surface area (TPSA) is 3.88 Å². The maximum atomic E-state index is 5.98. The number of halogens is 2. The van der Waals surface area contributed by atoms with Gasteiger partial charge in [0, 0.05) is 16.7 Å². The lowest BCUT2D eigenvalue weighted by Crippen LogP contribution is -3.00. The van der Waals surface area contributed by atoms with E-state index >= 15 is 0 Å². The van der Waals surface area contributed by atoms with E-state index in [1.54, 1.807) is 11.5 Å². The van der Waals surface area contributed by atoms with Gasteiger partial charge in [0.15, 0.2) is 6.54 Å². The summed E-state index contributed by atoms with van der Waals surface area (Å²) in [6, 6.07) is 16.5. The average molecular weight is 341 g/mol. The highest BCUT2D eigenvalue weighted by molar-refractivity contribution is 7.00.